The Hall–Kier alpha value is -1.92. The molecular formula is C11H19N5O2. The standard InChI is InChI=1S/C11H19N5O2/c1-3-5-8-14-10(16-15-8)11(18)13-7-9(17)12-6-4-2/h3-7H2,1-2H3,(H,12,17)(H,13,18)(H,14,15,16). The summed E-state index contributed by atoms with van der Waals surface area (Å²) in [7, 11) is 0. The smallest absolute Gasteiger partial charge is 0.291 e. The number of amides is 2. The van der Waals surface area contributed by atoms with Gasteiger partial charge in [0.2, 0.25) is 11.7 Å². The van der Waals surface area contributed by atoms with Gasteiger partial charge in [0.15, 0.2) is 0 Å². The van der Waals surface area contributed by atoms with Gasteiger partial charge in [-0.25, -0.2) is 4.98 Å². The Labute approximate surface area is 106 Å². The summed E-state index contributed by atoms with van der Waals surface area (Å²) in [4.78, 5) is 26.9. The Kier molecular flexibility index (Phi) is 5.83. The van der Waals surface area contributed by atoms with Gasteiger partial charge in [-0.3, -0.25) is 14.7 Å². The number of H-pyrrole nitrogens is 1. The maximum absolute atomic E-state index is 11.6. The van der Waals surface area contributed by atoms with Crippen molar-refractivity contribution in [2.75, 3.05) is 13.1 Å². The monoisotopic (exact) mass is 253 g/mol. The van der Waals surface area contributed by atoms with Gasteiger partial charge in [-0.1, -0.05) is 13.8 Å². The maximum atomic E-state index is 11.6. The summed E-state index contributed by atoms with van der Waals surface area (Å²) in [6.45, 7) is 4.52. The molecule has 2 amide bonds. The van der Waals surface area contributed by atoms with Gasteiger partial charge in [0.05, 0.1) is 6.54 Å². The number of aromatic nitrogens is 3. The lowest BCUT2D eigenvalue weighted by atomic mass is 10.3. The predicted molar refractivity (Wildman–Crippen MR) is 66.0 cm³/mol. The summed E-state index contributed by atoms with van der Waals surface area (Å²) < 4.78 is 0. The molecule has 1 aromatic heterocycles. The largest absolute Gasteiger partial charge is 0.355 e. The van der Waals surface area contributed by atoms with Gasteiger partial charge < -0.3 is 10.6 Å². The van der Waals surface area contributed by atoms with E-state index in [1.165, 1.54) is 0 Å². The summed E-state index contributed by atoms with van der Waals surface area (Å²) >= 11 is 0. The topological polar surface area (TPSA) is 99.8 Å². The van der Waals surface area contributed by atoms with E-state index in [9.17, 15) is 9.59 Å². The van der Waals surface area contributed by atoms with Crippen LogP contribution in [0.2, 0.25) is 0 Å². The zero-order valence-corrected chi connectivity index (χ0v) is 10.7. The molecule has 0 spiro atoms. The number of aryl methyl sites for hydroxylation is 1. The van der Waals surface area contributed by atoms with Gasteiger partial charge in [-0.05, 0) is 12.8 Å². The van der Waals surface area contributed by atoms with Crippen LogP contribution in [0.25, 0.3) is 0 Å². The van der Waals surface area contributed by atoms with Crippen LogP contribution in [-0.2, 0) is 11.2 Å². The van der Waals surface area contributed by atoms with Gasteiger partial charge in [-0.2, -0.15) is 0 Å². The highest BCUT2D eigenvalue weighted by Crippen LogP contribution is 1.96. The van der Waals surface area contributed by atoms with Crippen LogP contribution in [0.3, 0.4) is 0 Å². The van der Waals surface area contributed by atoms with E-state index in [0.29, 0.717) is 12.4 Å². The van der Waals surface area contributed by atoms with Gasteiger partial charge in [-0.15, -0.1) is 5.10 Å². The van der Waals surface area contributed by atoms with Crippen LogP contribution < -0.4 is 10.6 Å². The van der Waals surface area contributed by atoms with Crippen molar-refractivity contribution in [3.63, 3.8) is 0 Å². The fraction of sp³-hybridized carbons (Fsp3) is 0.636. The number of rotatable bonds is 7. The van der Waals surface area contributed by atoms with Gasteiger partial charge >= 0.3 is 0 Å². The molecule has 1 rings (SSSR count). The quantitative estimate of drug-likeness (QED) is 0.637. The fourth-order valence-electron chi connectivity index (χ4n) is 1.31. The summed E-state index contributed by atoms with van der Waals surface area (Å²) in [5.74, 6) is 0.0922. The number of aromatic amines is 1. The second-order valence-corrected chi connectivity index (χ2v) is 3.89. The van der Waals surface area contributed by atoms with Crippen molar-refractivity contribution >= 4 is 11.8 Å². The van der Waals surface area contributed by atoms with Crippen molar-refractivity contribution in [1.82, 2.24) is 25.8 Å². The minimum atomic E-state index is -0.444. The Morgan fingerprint density at radius 3 is 2.67 bits per heavy atom. The summed E-state index contributed by atoms with van der Waals surface area (Å²) in [5, 5.41) is 11.6. The van der Waals surface area contributed by atoms with Crippen LogP contribution in [-0.4, -0.2) is 40.1 Å². The van der Waals surface area contributed by atoms with Crippen molar-refractivity contribution in [3.8, 4) is 0 Å². The highest BCUT2D eigenvalue weighted by molar-refractivity contribution is 5.93. The highest BCUT2D eigenvalue weighted by atomic mass is 16.2. The molecule has 7 nitrogen and oxygen atoms in total. The van der Waals surface area contributed by atoms with E-state index in [-0.39, 0.29) is 18.3 Å². The fourth-order valence-corrected chi connectivity index (χ4v) is 1.31. The second-order valence-electron chi connectivity index (χ2n) is 3.89. The average Bonchev–Trinajstić information content (AvgIpc) is 2.82. The number of nitrogens with one attached hydrogen (secondary N) is 3. The second kappa shape index (κ2) is 7.41. The van der Waals surface area contributed by atoms with Gasteiger partial charge in [0.1, 0.15) is 5.82 Å². The number of hydrogen-bond donors (Lipinski definition) is 3. The molecule has 0 unspecified atom stereocenters. The lowest BCUT2D eigenvalue weighted by Gasteiger charge is -2.03. The predicted octanol–water partition coefficient (Wildman–Crippen LogP) is 0.0132. The van der Waals surface area contributed by atoms with Crippen molar-refractivity contribution < 1.29 is 9.59 Å². The molecule has 0 atom stereocenters. The summed E-state index contributed by atoms with van der Waals surface area (Å²) in [5.41, 5.74) is 0. The lowest BCUT2D eigenvalue weighted by Crippen LogP contribution is -2.37. The third-order valence-electron chi connectivity index (χ3n) is 2.20. The highest BCUT2D eigenvalue weighted by Gasteiger charge is 2.12. The van der Waals surface area contributed by atoms with Crippen LogP contribution in [0.1, 0.15) is 43.1 Å². The van der Waals surface area contributed by atoms with Crippen LogP contribution in [0, 0.1) is 0 Å². The van der Waals surface area contributed by atoms with E-state index in [2.05, 4.69) is 25.8 Å². The Balaban J connectivity index is 2.37. The van der Waals surface area contributed by atoms with E-state index >= 15 is 0 Å². The van der Waals surface area contributed by atoms with Crippen LogP contribution in [0.15, 0.2) is 0 Å². The molecule has 0 aliphatic heterocycles. The third kappa shape index (κ3) is 4.52. The molecule has 0 bridgehead atoms. The van der Waals surface area contributed by atoms with Crippen LogP contribution >= 0.6 is 0 Å². The first kappa shape index (κ1) is 14.1. The molecule has 0 radical (unpaired) electrons. The van der Waals surface area contributed by atoms with Gasteiger partial charge in [0, 0.05) is 13.0 Å². The molecule has 0 aromatic carbocycles. The molecule has 0 aliphatic rings. The van der Waals surface area contributed by atoms with E-state index in [1.807, 2.05) is 13.8 Å². The molecule has 0 saturated heterocycles. The first-order chi connectivity index (χ1) is 8.67. The Morgan fingerprint density at radius 2 is 2.00 bits per heavy atom. The number of carbonyl (C=O) groups excluding carboxylic acids is 2. The zero-order valence-electron chi connectivity index (χ0n) is 10.7. The molecule has 0 fully saturated rings. The third-order valence-corrected chi connectivity index (χ3v) is 2.20. The minimum Gasteiger partial charge on any atom is -0.355 e. The molecule has 18 heavy (non-hydrogen) atoms. The minimum absolute atomic E-state index is 0.0590. The summed E-state index contributed by atoms with van der Waals surface area (Å²) in [6, 6.07) is 0. The number of carbonyl (C=O) groups is 2. The molecule has 0 aliphatic carbocycles. The van der Waals surface area contributed by atoms with Crippen molar-refractivity contribution in [3.05, 3.63) is 11.6 Å². The SMILES string of the molecule is CCCNC(=O)CNC(=O)c1n[nH]c(CCC)n1. The Bertz CT molecular complexity index is 402. The van der Waals surface area contributed by atoms with Gasteiger partial charge in [0.25, 0.3) is 5.91 Å². The molecule has 0 saturated carbocycles. The number of hydrogen-bond acceptors (Lipinski definition) is 4. The van der Waals surface area contributed by atoms with E-state index in [4.69, 9.17) is 0 Å². The van der Waals surface area contributed by atoms with E-state index in [0.717, 1.165) is 19.3 Å². The van der Waals surface area contributed by atoms with E-state index in [1.54, 1.807) is 0 Å². The van der Waals surface area contributed by atoms with Crippen LogP contribution in [0.4, 0.5) is 0 Å². The molecule has 1 aromatic rings. The van der Waals surface area contributed by atoms with E-state index < -0.39 is 5.91 Å². The molecule has 7 heteroatoms. The normalized spacial score (nSPS) is 10.1. The van der Waals surface area contributed by atoms with Crippen molar-refractivity contribution in [2.45, 2.75) is 33.1 Å². The molecule has 100 valence electrons. The average molecular weight is 253 g/mol. The maximum Gasteiger partial charge on any atom is 0.291 e. The summed E-state index contributed by atoms with van der Waals surface area (Å²) in [6.07, 6.45) is 2.54. The van der Waals surface area contributed by atoms with Crippen LogP contribution in [0.5, 0.6) is 0 Å². The number of nitrogens with zero attached hydrogens (tertiary/aromatic N) is 2. The first-order valence-electron chi connectivity index (χ1n) is 6.13. The Morgan fingerprint density at radius 1 is 1.22 bits per heavy atom. The lowest BCUT2D eigenvalue weighted by molar-refractivity contribution is -0.120. The first-order valence-corrected chi connectivity index (χ1v) is 6.13. The van der Waals surface area contributed by atoms with Crippen molar-refractivity contribution in [2.24, 2.45) is 0 Å². The zero-order chi connectivity index (χ0) is 13.4. The molecule has 1 heterocycles. The molecule has 3 N–H and O–H groups in total. The van der Waals surface area contributed by atoms with Crippen molar-refractivity contribution in [1.29, 1.82) is 0 Å². The molecular weight excluding hydrogens is 234 g/mol.